The number of hydrogen-bond acceptors (Lipinski definition) is 4. The Bertz CT molecular complexity index is 589. The first-order chi connectivity index (χ1) is 9.40. The van der Waals surface area contributed by atoms with Crippen molar-refractivity contribution in [3.05, 3.63) is 41.2 Å². The molecule has 1 saturated carbocycles. The summed E-state index contributed by atoms with van der Waals surface area (Å²) in [5.41, 5.74) is 2.80. The van der Waals surface area contributed by atoms with Gasteiger partial charge in [0.25, 0.3) is 0 Å². The average molecular weight is 255 g/mol. The van der Waals surface area contributed by atoms with Crippen LogP contribution >= 0.6 is 0 Å². The third-order valence-electron chi connectivity index (χ3n) is 4.03. The number of aromatic nitrogens is 2. The molecule has 1 N–H and O–H groups in total. The van der Waals surface area contributed by atoms with Crippen molar-refractivity contribution in [3.63, 3.8) is 0 Å². The molecule has 1 aromatic carbocycles. The second-order valence-corrected chi connectivity index (χ2v) is 5.52. The van der Waals surface area contributed by atoms with E-state index in [1.54, 1.807) is 0 Å². The van der Waals surface area contributed by atoms with E-state index in [-0.39, 0.29) is 0 Å². The Balaban J connectivity index is 1.63. The van der Waals surface area contributed by atoms with Crippen molar-refractivity contribution in [2.75, 3.05) is 5.32 Å². The van der Waals surface area contributed by atoms with Gasteiger partial charge in [0.1, 0.15) is 0 Å². The van der Waals surface area contributed by atoms with Crippen LogP contribution in [0.15, 0.2) is 28.8 Å². The molecule has 0 saturated heterocycles. The molecule has 0 radical (unpaired) electrons. The zero-order chi connectivity index (χ0) is 12.7. The van der Waals surface area contributed by atoms with Crippen LogP contribution in [0.25, 0.3) is 0 Å². The van der Waals surface area contributed by atoms with Gasteiger partial charge >= 0.3 is 6.01 Å². The number of aryl methyl sites for hydroxylation is 1. The Hall–Kier alpha value is -1.84. The van der Waals surface area contributed by atoms with Crippen molar-refractivity contribution < 1.29 is 4.52 Å². The standard InChI is InChI=1S/C15H17N3O/c1-2-6-12-10(4-1)5-3-7-13(12)14-17-15(19-18-14)16-11-8-9-11/h1-2,4,6,11,13H,3,5,7-9H2,(H,16,17,18). The molecule has 0 bridgehead atoms. The third-order valence-corrected chi connectivity index (χ3v) is 4.03. The van der Waals surface area contributed by atoms with Gasteiger partial charge in [0.2, 0.25) is 0 Å². The first kappa shape index (κ1) is 11.0. The zero-order valence-corrected chi connectivity index (χ0v) is 10.8. The van der Waals surface area contributed by atoms with Crippen LogP contribution in [0.1, 0.15) is 48.6 Å². The van der Waals surface area contributed by atoms with Gasteiger partial charge in [-0.3, -0.25) is 0 Å². The van der Waals surface area contributed by atoms with E-state index >= 15 is 0 Å². The lowest BCUT2D eigenvalue weighted by Gasteiger charge is -2.22. The minimum absolute atomic E-state index is 0.295. The van der Waals surface area contributed by atoms with Crippen LogP contribution in [0.3, 0.4) is 0 Å². The van der Waals surface area contributed by atoms with Crippen LogP contribution < -0.4 is 5.32 Å². The van der Waals surface area contributed by atoms with Gasteiger partial charge < -0.3 is 9.84 Å². The van der Waals surface area contributed by atoms with Crippen molar-refractivity contribution in [1.82, 2.24) is 10.1 Å². The molecule has 98 valence electrons. The summed E-state index contributed by atoms with van der Waals surface area (Å²) in [6.07, 6.45) is 5.90. The maximum Gasteiger partial charge on any atom is 0.321 e. The predicted molar refractivity (Wildman–Crippen MR) is 72.2 cm³/mol. The van der Waals surface area contributed by atoms with Crippen LogP contribution in [-0.2, 0) is 6.42 Å². The van der Waals surface area contributed by atoms with E-state index in [9.17, 15) is 0 Å². The molecule has 1 fully saturated rings. The highest BCUT2D eigenvalue weighted by Crippen LogP contribution is 2.35. The monoisotopic (exact) mass is 255 g/mol. The molecule has 2 aliphatic carbocycles. The number of fused-ring (bicyclic) bond motifs is 1. The lowest BCUT2D eigenvalue weighted by atomic mass is 9.82. The maximum absolute atomic E-state index is 5.31. The third kappa shape index (κ3) is 2.11. The summed E-state index contributed by atoms with van der Waals surface area (Å²) in [7, 11) is 0. The van der Waals surface area contributed by atoms with Gasteiger partial charge in [-0.15, -0.1) is 0 Å². The summed E-state index contributed by atoms with van der Waals surface area (Å²) in [6.45, 7) is 0. The van der Waals surface area contributed by atoms with Crippen molar-refractivity contribution in [3.8, 4) is 0 Å². The minimum atomic E-state index is 0.295. The number of hydrogen-bond donors (Lipinski definition) is 1. The number of anilines is 1. The summed E-state index contributed by atoms with van der Waals surface area (Å²) in [5.74, 6) is 1.12. The Morgan fingerprint density at radius 1 is 1.16 bits per heavy atom. The van der Waals surface area contributed by atoms with E-state index in [4.69, 9.17) is 4.52 Å². The highest BCUT2D eigenvalue weighted by Gasteiger charge is 2.27. The zero-order valence-electron chi connectivity index (χ0n) is 10.8. The van der Waals surface area contributed by atoms with Crippen molar-refractivity contribution in [2.24, 2.45) is 0 Å². The fraction of sp³-hybridized carbons (Fsp3) is 0.467. The Kier molecular flexibility index (Phi) is 2.53. The maximum atomic E-state index is 5.31. The molecule has 0 spiro atoms. The molecule has 1 aromatic heterocycles. The van der Waals surface area contributed by atoms with Crippen molar-refractivity contribution >= 4 is 6.01 Å². The highest BCUT2D eigenvalue weighted by atomic mass is 16.5. The minimum Gasteiger partial charge on any atom is -0.335 e. The van der Waals surface area contributed by atoms with E-state index in [2.05, 4.69) is 39.7 Å². The quantitative estimate of drug-likeness (QED) is 0.915. The molecule has 4 nitrogen and oxygen atoms in total. The molecule has 1 atom stereocenters. The van der Waals surface area contributed by atoms with Gasteiger partial charge in [0.15, 0.2) is 5.82 Å². The Labute approximate surface area is 112 Å². The van der Waals surface area contributed by atoms with E-state index in [0.29, 0.717) is 18.0 Å². The molecule has 4 heteroatoms. The number of rotatable bonds is 3. The fourth-order valence-electron chi connectivity index (χ4n) is 2.86. The number of nitrogens with one attached hydrogen (secondary N) is 1. The van der Waals surface area contributed by atoms with Crippen LogP contribution in [0.2, 0.25) is 0 Å². The molecule has 1 unspecified atom stereocenters. The van der Waals surface area contributed by atoms with Gasteiger partial charge in [-0.2, -0.15) is 4.98 Å². The predicted octanol–water partition coefficient (Wildman–Crippen LogP) is 3.11. The van der Waals surface area contributed by atoms with E-state index in [1.807, 2.05) is 0 Å². The largest absolute Gasteiger partial charge is 0.335 e. The van der Waals surface area contributed by atoms with E-state index in [1.165, 1.54) is 30.4 Å². The van der Waals surface area contributed by atoms with Crippen LogP contribution in [-0.4, -0.2) is 16.2 Å². The molecule has 2 aromatic rings. The van der Waals surface area contributed by atoms with Gasteiger partial charge in [0.05, 0.1) is 0 Å². The molecule has 2 aliphatic rings. The van der Waals surface area contributed by atoms with Gasteiger partial charge in [-0.25, -0.2) is 0 Å². The van der Waals surface area contributed by atoms with E-state index < -0.39 is 0 Å². The van der Waals surface area contributed by atoms with Gasteiger partial charge in [-0.05, 0) is 43.2 Å². The SMILES string of the molecule is c1ccc2c(c1)CCCC2c1noc(NC2CC2)n1. The summed E-state index contributed by atoms with van der Waals surface area (Å²) >= 11 is 0. The molecule has 0 amide bonds. The molecule has 0 aliphatic heterocycles. The van der Waals surface area contributed by atoms with Gasteiger partial charge in [0, 0.05) is 12.0 Å². The number of nitrogens with zero attached hydrogens (tertiary/aromatic N) is 2. The highest BCUT2D eigenvalue weighted by molar-refractivity contribution is 5.37. The van der Waals surface area contributed by atoms with Crippen LogP contribution in [0.4, 0.5) is 6.01 Å². The van der Waals surface area contributed by atoms with E-state index in [0.717, 1.165) is 18.7 Å². The summed E-state index contributed by atoms with van der Waals surface area (Å²) in [5, 5.41) is 7.43. The second kappa shape index (κ2) is 4.37. The molecular weight excluding hydrogens is 238 g/mol. The fourth-order valence-corrected chi connectivity index (χ4v) is 2.86. The average Bonchev–Trinajstić information content (AvgIpc) is 3.14. The lowest BCUT2D eigenvalue weighted by Crippen LogP contribution is -2.12. The smallest absolute Gasteiger partial charge is 0.321 e. The molecule has 1 heterocycles. The summed E-state index contributed by atoms with van der Waals surface area (Å²) in [4.78, 5) is 4.52. The molecule has 19 heavy (non-hydrogen) atoms. The summed E-state index contributed by atoms with van der Waals surface area (Å²) < 4.78 is 5.31. The first-order valence-corrected chi connectivity index (χ1v) is 7.08. The van der Waals surface area contributed by atoms with Crippen LogP contribution in [0, 0.1) is 0 Å². The first-order valence-electron chi connectivity index (χ1n) is 7.08. The number of benzene rings is 1. The van der Waals surface area contributed by atoms with Crippen molar-refractivity contribution in [1.29, 1.82) is 0 Å². The summed E-state index contributed by atoms with van der Waals surface area (Å²) in [6, 6.07) is 9.75. The Morgan fingerprint density at radius 2 is 2.05 bits per heavy atom. The lowest BCUT2D eigenvalue weighted by molar-refractivity contribution is 0.415. The Morgan fingerprint density at radius 3 is 2.95 bits per heavy atom. The van der Waals surface area contributed by atoms with Gasteiger partial charge in [-0.1, -0.05) is 29.4 Å². The molecule has 4 rings (SSSR count). The molecular formula is C15H17N3O. The topological polar surface area (TPSA) is 51.0 Å². The van der Waals surface area contributed by atoms with Crippen molar-refractivity contribution in [2.45, 2.75) is 44.1 Å². The normalized spacial score (nSPS) is 22.0. The van der Waals surface area contributed by atoms with Crippen LogP contribution in [0.5, 0.6) is 0 Å². The second-order valence-electron chi connectivity index (χ2n) is 5.52.